The molecule has 0 atom stereocenters. The first-order valence-electron chi connectivity index (χ1n) is 6.36. The number of piperazine rings is 1. The fourth-order valence-corrected chi connectivity index (χ4v) is 2.35. The Morgan fingerprint density at radius 1 is 1.32 bits per heavy atom. The third-order valence-corrected chi connectivity index (χ3v) is 3.41. The zero-order chi connectivity index (χ0) is 13.7. The summed E-state index contributed by atoms with van der Waals surface area (Å²) < 4.78 is 0. The summed E-state index contributed by atoms with van der Waals surface area (Å²) in [6.45, 7) is 4.28. The van der Waals surface area contributed by atoms with E-state index in [9.17, 15) is 4.79 Å². The van der Waals surface area contributed by atoms with Gasteiger partial charge in [-0.2, -0.15) is 5.26 Å². The maximum Gasteiger partial charge on any atom is 0.150 e. The van der Waals surface area contributed by atoms with Crippen molar-refractivity contribution in [2.75, 3.05) is 44.2 Å². The molecule has 0 amide bonds. The molecule has 1 heterocycles. The van der Waals surface area contributed by atoms with Gasteiger partial charge < -0.3 is 10.0 Å². The number of nitriles is 1. The van der Waals surface area contributed by atoms with Crippen LogP contribution in [-0.2, 0) is 0 Å². The second-order valence-corrected chi connectivity index (χ2v) is 4.56. The Labute approximate surface area is 112 Å². The van der Waals surface area contributed by atoms with Gasteiger partial charge >= 0.3 is 0 Å². The van der Waals surface area contributed by atoms with Crippen LogP contribution >= 0.6 is 0 Å². The molecule has 1 N–H and O–H groups in total. The van der Waals surface area contributed by atoms with E-state index in [0.717, 1.165) is 38.2 Å². The number of aliphatic hydroxyl groups is 1. The number of hydrogen-bond donors (Lipinski definition) is 1. The van der Waals surface area contributed by atoms with Crippen LogP contribution < -0.4 is 4.90 Å². The summed E-state index contributed by atoms with van der Waals surface area (Å²) in [6.07, 6.45) is 0.754. The third-order valence-electron chi connectivity index (χ3n) is 3.41. The van der Waals surface area contributed by atoms with Crippen LogP contribution in [0.4, 0.5) is 5.69 Å². The third kappa shape index (κ3) is 3.11. The van der Waals surface area contributed by atoms with Gasteiger partial charge in [-0.3, -0.25) is 9.69 Å². The summed E-state index contributed by atoms with van der Waals surface area (Å²) in [5.74, 6) is 0. The van der Waals surface area contributed by atoms with Gasteiger partial charge in [0.25, 0.3) is 0 Å². The molecule has 0 saturated carbocycles. The molecule has 1 aliphatic rings. The number of carbonyl (C=O) groups is 1. The minimum atomic E-state index is 0.178. The molecule has 19 heavy (non-hydrogen) atoms. The van der Waals surface area contributed by atoms with Gasteiger partial charge in [-0.15, -0.1) is 0 Å². The highest BCUT2D eigenvalue weighted by molar-refractivity contribution is 5.78. The Hall–Kier alpha value is -1.90. The number of hydrogen-bond acceptors (Lipinski definition) is 5. The highest BCUT2D eigenvalue weighted by Gasteiger charge is 2.18. The largest absolute Gasteiger partial charge is 0.395 e. The molecule has 1 aromatic carbocycles. The van der Waals surface area contributed by atoms with Crippen LogP contribution in [0.3, 0.4) is 0 Å². The molecule has 5 heteroatoms. The maximum atomic E-state index is 10.7. The topological polar surface area (TPSA) is 67.6 Å². The van der Waals surface area contributed by atoms with E-state index in [0.29, 0.717) is 17.7 Å². The van der Waals surface area contributed by atoms with Crippen LogP contribution in [0.15, 0.2) is 18.2 Å². The van der Waals surface area contributed by atoms with Crippen molar-refractivity contribution in [3.05, 3.63) is 29.3 Å². The average Bonchev–Trinajstić information content (AvgIpc) is 2.48. The molecule has 1 fully saturated rings. The summed E-state index contributed by atoms with van der Waals surface area (Å²) in [4.78, 5) is 15.1. The monoisotopic (exact) mass is 259 g/mol. The summed E-state index contributed by atoms with van der Waals surface area (Å²) in [6, 6.07) is 7.35. The number of rotatable bonds is 4. The van der Waals surface area contributed by atoms with E-state index in [1.165, 1.54) is 0 Å². The number of aliphatic hydroxyl groups excluding tert-OH is 1. The van der Waals surface area contributed by atoms with E-state index < -0.39 is 0 Å². The molecule has 5 nitrogen and oxygen atoms in total. The quantitative estimate of drug-likeness (QED) is 0.797. The first kappa shape index (κ1) is 13.5. The fraction of sp³-hybridized carbons (Fsp3) is 0.429. The van der Waals surface area contributed by atoms with Gasteiger partial charge in [0.1, 0.15) is 12.4 Å². The molecule has 0 aromatic heterocycles. The van der Waals surface area contributed by atoms with E-state index in [2.05, 4.69) is 15.9 Å². The standard InChI is InChI=1S/C14H17N3O2/c15-10-13-9-12(11-19)1-2-14(13)17-5-3-16(4-6-17)7-8-18/h1-2,9,11,18H,3-8H2. The average molecular weight is 259 g/mol. The predicted octanol–water partition coefficient (Wildman–Crippen LogP) is 0.485. The Morgan fingerprint density at radius 3 is 2.63 bits per heavy atom. The number of nitrogens with zero attached hydrogens (tertiary/aromatic N) is 3. The smallest absolute Gasteiger partial charge is 0.150 e. The molecule has 0 radical (unpaired) electrons. The van der Waals surface area contributed by atoms with Crippen LogP contribution in [0.25, 0.3) is 0 Å². The predicted molar refractivity (Wildman–Crippen MR) is 72.3 cm³/mol. The number of carbonyl (C=O) groups excluding carboxylic acids is 1. The first-order valence-corrected chi connectivity index (χ1v) is 6.36. The van der Waals surface area contributed by atoms with Crippen LogP contribution in [0.5, 0.6) is 0 Å². The minimum Gasteiger partial charge on any atom is -0.395 e. The van der Waals surface area contributed by atoms with E-state index in [1.807, 2.05) is 6.07 Å². The Balaban J connectivity index is 2.11. The van der Waals surface area contributed by atoms with E-state index in [1.54, 1.807) is 12.1 Å². The fourth-order valence-electron chi connectivity index (χ4n) is 2.35. The zero-order valence-corrected chi connectivity index (χ0v) is 10.7. The van der Waals surface area contributed by atoms with Gasteiger partial charge in [0.05, 0.1) is 17.9 Å². The Morgan fingerprint density at radius 2 is 2.05 bits per heavy atom. The van der Waals surface area contributed by atoms with Crippen LogP contribution in [0.1, 0.15) is 15.9 Å². The van der Waals surface area contributed by atoms with Gasteiger partial charge in [0.2, 0.25) is 0 Å². The summed E-state index contributed by atoms with van der Waals surface area (Å²) in [5, 5.41) is 18.1. The zero-order valence-electron chi connectivity index (χ0n) is 10.7. The van der Waals surface area contributed by atoms with E-state index in [-0.39, 0.29) is 6.61 Å². The molecule has 2 rings (SSSR count). The number of β-amino-alcohol motifs (C(OH)–C–C–N with tert-alkyl or cyclic N) is 1. The molecule has 1 aromatic rings. The molecule has 0 bridgehead atoms. The lowest BCUT2D eigenvalue weighted by molar-refractivity contribution is 0.112. The Bertz CT molecular complexity index is 488. The molecule has 100 valence electrons. The maximum absolute atomic E-state index is 10.7. The Kier molecular flexibility index (Phi) is 4.50. The van der Waals surface area contributed by atoms with Crippen molar-refractivity contribution in [3.63, 3.8) is 0 Å². The van der Waals surface area contributed by atoms with Crippen molar-refractivity contribution in [2.24, 2.45) is 0 Å². The van der Waals surface area contributed by atoms with Crippen LogP contribution in [0, 0.1) is 11.3 Å². The van der Waals surface area contributed by atoms with Crippen LogP contribution in [0.2, 0.25) is 0 Å². The highest BCUT2D eigenvalue weighted by Crippen LogP contribution is 2.22. The second kappa shape index (κ2) is 6.32. The van der Waals surface area contributed by atoms with Crippen molar-refractivity contribution in [3.8, 4) is 6.07 Å². The second-order valence-electron chi connectivity index (χ2n) is 4.56. The summed E-state index contributed by atoms with van der Waals surface area (Å²) >= 11 is 0. The van der Waals surface area contributed by atoms with Gasteiger partial charge in [0, 0.05) is 38.3 Å². The lowest BCUT2D eigenvalue weighted by Crippen LogP contribution is -2.47. The molecule has 0 aliphatic carbocycles. The van der Waals surface area contributed by atoms with Crippen molar-refractivity contribution in [1.29, 1.82) is 5.26 Å². The summed E-state index contributed by atoms with van der Waals surface area (Å²) in [5.41, 5.74) is 1.95. The van der Waals surface area contributed by atoms with Gasteiger partial charge in [-0.05, 0) is 18.2 Å². The minimum absolute atomic E-state index is 0.178. The molecule has 1 aliphatic heterocycles. The van der Waals surface area contributed by atoms with Gasteiger partial charge in [0.15, 0.2) is 0 Å². The SMILES string of the molecule is N#Cc1cc(C=O)ccc1N1CCN(CCO)CC1. The summed E-state index contributed by atoms with van der Waals surface area (Å²) in [7, 11) is 0. The number of benzene rings is 1. The van der Waals surface area contributed by atoms with Crippen LogP contribution in [-0.4, -0.2) is 55.6 Å². The normalized spacial score (nSPS) is 16.1. The van der Waals surface area contributed by atoms with Crippen molar-refractivity contribution >= 4 is 12.0 Å². The number of anilines is 1. The van der Waals surface area contributed by atoms with Crippen molar-refractivity contribution < 1.29 is 9.90 Å². The van der Waals surface area contributed by atoms with E-state index >= 15 is 0 Å². The molecule has 0 unspecified atom stereocenters. The van der Waals surface area contributed by atoms with E-state index in [4.69, 9.17) is 10.4 Å². The lowest BCUT2D eigenvalue weighted by atomic mass is 10.1. The van der Waals surface area contributed by atoms with Gasteiger partial charge in [-0.25, -0.2) is 0 Å². The van der Waals surface area contributed by atoms with Crippen molar-refractivity contribution in [1.82, 2.24) is 4.90 Å². The lowest BCUT2D eigenvalue weighted by Gasteiger charge is -2.36. The molecule has 0 spiro atoms. The first-order chi connectivity index (χ1) is 9.28. The van der Waals surface area contributed by atoms with Gasteiger partial charge in [-0.1, -0.05) is 0 Å². The highest BCUT2D eigenvalue weighted by atomic mass is 16.3. The molecule has 1 saturated heterocycles. The van der Waals surface area contributed by atoms with Crippen molar-refractivity contribution in [2.45, 2.75) is 0 Å². The molecular weight excluding hydrogens is 242 g/mol. The molecular formula is C14H17N3O2. The number of aldehydes is 1.